The lowest BCUT2D eigenvalue weighted by atomic mass is 10.2. The molecule has 0 spiro atoms. The van der Waals surface area contributed by atoms with E-state index < -0.39 is 10.0 Å². The number of nitrogens with zero attached hydrogens (tertiary/aromatic N) is 2. The van der Waals surface area contributed by atoms with Gasteiger partial charge in [0.1, 0.15) is 0 Å². The summed E-state index contributed by atoms with van der Waals surface area (Å²) in [7, 11) is -3.45. The Balaban J connectivity index is 1.70. The molecule has 2 heterocycles. The summed E-state index contributed by atoms with van der Waals surface area (Å²) in [6.45, 7) is 4.76. The quantitative estimate of drug-likeness (QED) is 0.904. The topological polar surface area (TPSA) is 69.7 Å². The highest BCUT2D eigenvalue weighted by molar-refractivity contribution is 7.89. The van der Waals surface area contributed by atoms with Crippen LogP contribution in [0.25, 0.3) is 0 Å². The van der Waals surface area contributed by atoms with Crippen LogP contribution in [-0.4, -0.2) is 55.8 Å². The molecule has 3 rings (SSSR count). The molecule has 2 aliphatic rings. The zero-order chi connectivity index (χ0) is 16.4. The Hall–Kier alpha value is -1.44. The van der Waals surface area contributed by atoms with Gasteiger partial charge in [-0.3, -0.25) is 9.69 Å². The van der Waals surface area contributed by atoms with E-state index in [-0.39, 0.29) is 10.8 Å². The van der Waals surface area contributed by atoms with Gasteiger partial charge in [0.2, 0.25) is 15.9 Å². The number of carbonyl (C=O) groups excluding carboxylic acids is 1. The first-order valence-electron chi connectivity index (χ1n) is 8.09. The van der Waals surface area contributed by atoms with Crippen LogP contribution in [0.5, 0.6) is 0 Å². The van der Waals surface area contributed by atoms with E-state index in [1.165, 1.54) is 19.8 Å². The second-order valence-corrected chi connectivity index (χ2v) is 8.19. The van der Waals surface area contributed by atoms with Gasteiger partial charge < -0.3 is 5.32 Å². The average Bonchev–Trinajstić information content (AvgIpc) is 3.18. The van der Waals surface area contributed by atoms with E-state index in [9.17, 15) is 13.2 Å². The van der Waals surface area contributed by atoms with Crippen LogP contribution in [0.3, 0.4) is 0 Å². The van der Waals surface area contributed by atoms with E-state index in [0.717, 1.165) is 19.5 Å². The number of anilines is 1. The van der Waals surface area contributed by atoms with Gasteiger partial charge in [0, 0.05) is 31.7 Å². The summed E-state index contributed by atoms with van der Waals surface area (Å²) in [4.78, 5) is 13.7. The van der Waals surface area contributed by atoms with Crippen LogP contribution in [0.1, 0.15) is 26.2 Å². The van der Waals surface area contributed by atoms with Crippen molar-refractivity contribution < 1.29 is 13.2 Å². The van der Waals surface area contributed by atoms with Crippen molar-refractivity contribution in [3.05, 3.63) is 24.3 Å². The zero-order valence-electron chi connectivity index (χ0n) is 13.4. The lowest BCUT2D eigenvalue weighted by Gasteiger charge is -2.23. The normalized spacial score (nSPS) is 23.3. The van der Waals surface area contributed by atoms with Gasteiger partial charge in [0.15, 0.2) is 0 Å². The van der Waals surface area contributed by atoms with Crippen molar-refractivity contribution in [1.29, 1.82) is 0 Å². The first-order valence-corrected chi connectivity index (χ1v) is 9.53. The summed E-state index contributed by atoms with van der Waals surface area (Å²) >= 11 is 0. The van der Waals surface area contributed by atoms with Gasteiger partial charge >= 0.3 is 0 Å². The second kappa shape index (κ2) is 6.59. The maximum absolute atomic E-state index is 12.7. The van der Waals surface area contributed by atoms with E-state index in [1.807, 2.05) is 0 Å². The third-order valence-corrected chi connectivity index (χ3v) is 6.47. The summed E-state index contributed by atoms with van der Waals surface area (Å²) in [6.07, 6.45) is 3.34. The van der Waals surface area contributed by atoms with E-state index in [1.54, 1.807) is 28.6 Å². The maximum atomic E-state index is 12.7. The molecule has 2 aliphatic heterocycles. The van der Waals surface area contributed by atoms with Gasteiger partial charge in [0.05, 0.1) is 4.90 Å². The highest BCUT2D eigenvalue weighted by Gasteiger charge is 2.35. The molecule has 0 aliphatic carbocycles. The van der Waals surface area contributed by atoms with Crippen molar-refractivity contribution in [2.75, 3.05) is 31.5 Å². The molecule has 126 valence electrons. The summed E-state index contributed by atoms with van der Waals surface area (Å²) in [5.74, 6) is -0.173. The number of hydrogen-bond donors (Lipinski definition) is 1. The first kappa shape index (κ1) is 16.4. The predicted molar refractivity (Wildman–Crippen MR) is 88.7 cm³/mol. The standard InChI is InChI=1S/C16H23N3O3S/c1-13(20)17-14-4-6-16(7-5-14)23(21,22)19-11-8-15(12-19)18-9-2-3-10-18/h4-7,15H,2-3,8-12H2,1H3,(H,17,20). The van der Waals surface area contributed by atoms with Crippen molar-refractivity contribution >= 4 is 21.6 Å². The minimum atomic E-state index is -3.45. The molecule has 23 heavy (non-hydrogen) atoms. The minimum Gasteiger partial charge on any atom is -0.326 e. The van der Waals surface area contributed by atoms with Crippen molar-refractivity contribution in [3.63, 3.8) is 0 Å². The molecule has 6 nitrogen and oxygen atoms in total. The van der Waals surface area contributed by atoms with E-state index >= 15 is 0 Å². The molecular formula is C16H23N3O3S. The Bertz CT molecular complexity index is 666. The third kappa shape index (κ3) is 3.57. The molecule has 2 saturated heterocycles. The van der Waals surface area contributed by atoms with Gasteiger partial charge in [-0.15, -0.1) is 0 Å². The van der Waals surface area contributed by atoms with Gasteiger partial charge in [-0.1, -0.05) is 0 Å². The number of sulfonamides is 1. The lowest BCUT2D eigenvalue weighted by Crippen LogP contribution is -2.37. The van der Waals surface area contributed by atoms with Crippen LogP contribution in [0.4, 0.5) is 5.69 Å². The van der Waals surface area contributed by atoms with Crippen molar-refractivity contribution in [2.45, 2.75) is 37.1 Å². The summed E-state index contributed by atoms with van der Waals surface area (Å²) in [5, 5.41) is 2.64. The lowest BCUT2D eigenvalue weighted by molar-refractivity contribution is -0.114. The molecule has 1 atom stereocenters. The summed E-state index contributed by atoms with van der Waals surface area (Å²) < 4.78 is 27.1. The SMILES string of the molecule is CC(=O)Nc1ccc(S(=O)(=O)N2CCC(N3CCCC3)C2)cc1. The van der Waals surface area contributed by atoms with Gasteiger partial charge in [0.25, 0.3) is 0 Å². The van der Waals surface area contributed by atoms with Gasteiger partial charge in [-0.25, -0.2) is 8.42 Å². The Morgan fingerprint density at radius 1 is 1.13 bits per heavy atom. The average molecular weight is 337 g/mol. The fourth-order valence-electron chi connectivity index (χ4n) is 3.40. The number of benzene rings is 1. The number of amides is 1. The van der Waals surface area contributed by atoms with Crippen molar-refractivity contribution in [1.82, 2.24) is 9.21 Å². The number of likely N-dealkylation sites (tertiary alicyclic amines) is 1. The number of nitrogens with one attached hydrogen (secondary N) is 1. The fourth-order valence-corrected chi connectivity index (χ4v) is 4.89. The zero-order valence-corrected chi connectivity index (χ0v) is 14.2. The predicted octanol–water partition coefficient (Wildman–Crippen LogP) is 1.50. The second-order valence-electron chi connectivity index (χ2n) is 6.25. The summed E-state index contributed by atoms with van der Waals surface area (Å²) in [6, 6.07) is 6.73. The molecule has 1 N–H and O–H groups in total. The van der Waals surface area contributed by atoms with E-state index in [0.29, 0.717) is 24.8 Å². The summed E-state index contributed by atoms with van der Waals surface area (Å²) in [5.41, 5.74) is 0.604. The first-order chi connectivity index (χ1) is 11.0. The highest BCUT2D eigenvalue weighted by Crippen LogP contribution is 2.26. The molecule has 0 aromatic heterocycles. The molecule has 2 fully saturated rings. The molecule has 1 aromatic carbocycles. The Morgan fingerprint density at radius 3 is 2.39 bits per heavy atom. The van der Waals surface area contributed by atoms with Crippen LogP contribution < -0.4 is 5.32 Å². The van der Waals surface area contributed by atoms with Crippen molar-refractivity contribution in [3.8, 4) is 0 Å². The van der Waals surface area contributed by atoms with Crippen LogP contribution in [0.15, 0.2) is 29.2 Å². The molecule has 0 radical (unpaired) electrons. The Labute approximate surface area is 137 Å². The third-order valence-electron chi connectivity index (χ3n) is 4.60. The van der Waals surface area contributed by atoms with Crippen LogP contribution in [0.2, 0.25) is 0 Å². The van der Waals surface area contributed by atoms with Crippen LogP contribution >= 0.6 is 0 Å². The molecule has 0 saturated carbocycles. The molecule has 1 unspecified atom stereocenters. The van der Waals surface area contributed by atoms with Crippen LogP contribution in [-0.2, 0) is 14.8 Å². The largest absolute Gasteiger partial charge is 0.326 e. The van der Waals surface area contributed by atoms with Gasteiger partial charge in [-0.05, 0) is 56.6 Å². The minimum absolute atomic E-state index is 0.173. The smallest absolute Gasteiger partial charge is 0.243 e. The number of carbonyl (C=O) groups is 1. The highest BCUT2D eigenvalue weighted by atomic mass is 32.2. The van der Waals surface area contributed by atoms with Crippen molar-refractivity contribution in [2.24, 2.45) is 0 Å². The Morgan fingerprint density at radius 2 is 1.78 bits per heavy atom. The molecule has 0 bridgehead atoms. The maximum Gasteiger partial charge on any atom is 0.243 e. The number of hydrogen-bond acceptors (Lipinski definition) is 4. The van der Waals surface area contributed by atoms with Crippen LogP contribution in [0, 0.1) is 0 Å². The molecule has 7 heteroatoms. The monoisotopic (exact) mass is 337 g/mol. The number of rotatable bonds is 4. The van der Waals surface area contributed by atoms with E-state index in [4.69, 9.17) is 0 Å². The fraction of sp³-hybridized carbons (Fsp3) is 0.562. The van der Waals surface area contributed by atoms with E-state index in [2.05, 4.69) is 10.2 Å². The molecular weight excluding hydrogens is 314 g/mol. The molecule has 1 amide bonds. The van der Waals surface area contributed by atoms with Gasteiger partial charge in [-0.2, -0.15) is 4.31 Å². The Kier molecular flexibility index (Phi) is 4.70. The molecule has 1 aromatic rings.